The van der Waals surface area contributed by atoms with Crippen LogP contribution in [0.4, 0.5) is 4.39 Å². The first-order chi connectivity index (χ1) is 16.2. The standard InChI is InChI=1S/C27H26FNO2.C2H4/c28-22-14-12-20(13-15-22)25(30)10-6-17-29-18-16-27(21-7-2-1-3-8-21)24(19-29)23-9-4-5-11-26(23)31-27;1-2/h1-5,7-9,11-15,24H,6,10,16-19H2;1-2H2/t24-,27+;/m1./s1. The smallest absolute Gasteiger partial charge is 0.162 e. The van der Waals surface area contributed by atoms with Crippen molar-refractivity contribution in [2.24, 2.45) is 0 Å². The number of ketones is 1. The minimum absolute atomic E-state index is 0.0742. The van der Waals surface area contributed by atoms with E-state index in [2.05, 4.69) is 60.5 Å². The molecule has 33 heavy (non-hydrogen) atoms. The molecule has 2 aliphatic heterocycles. The van der Waals surface area contributed by atoms with Crippen molar-refractivity contribution in [1.29, 1.82) is 0 Å². The highest BCUT2D eigenvalue weighted by Crippen LogP contribution is 2.54. The summed E-state index contributed by atoms with van der Waals surface area (Å²) in [6.45, 7) is 8.72. The van der Waals surface area contributed by atoms with Gasteiger partial charge in [-0.3, -0.25) is 4.79 Å². The van der Waals surface area contributed by atoms with Gasteiger partial charge < -0.3 is 9.64 Å². The van der Waals surface area contributed by atoms with Gasteiger partial charge in [-0.1, -0.05) is 48.5 Å². The zero-order chi connectivity index (χ0) is 23.3. The number of carbonyl (C=O) groups is 1. The number of rotatable bonds is 6. The van der Waals surface area contributed by atoms with Crippen LogP contribution in [-0.2, 0) is 5.60 Å². The topological polar surface area (TPSA) is 29.5 Å². The molecule has 4 heteroatoms. The molecule has 0 amide bonds. The van der Waals surface area contributed by atoms with Crippen molar-refractivity contribution in [3.63, 3.8) is 0 Å². The summed E-state index contributed by atoms with van der Waals surface area (Å²) in [6, 6.07) is 24.8. The van der Waals surface area contributed by atoms with Crippen molar-refractivity contribution in [1.82, 2.24) is 4.90 Å². The van der Waals surface area contributed by atoms with E-state index in [0.717, 1.165) is 38.2 Å². The fourth-order valence-corrected chi connectivity index (χ4v) is 5.10. The third-order valence-electron chi connectivity index (χ3n) is 6.70. The number of hydrogen-bond donors (Lipinski definition) is 0. The predicted octanol–water partition coefficient (Wildman–Crippen LogP) is 6.37. The number of benzene rings is 3. The van der Waals surface area contributed by atoms with Crippen LogP contribution in [0, 0.1) is 5.82 Å². The van der Waals surface area contributed by atoms with Gasteiger partial charge in [0.1, 0.15) is 17.2 Å². The van der Waals surface area contributed by atoms with Crippen molar-refractivity contribution in [2.75, 3.05) is 19.6 Å². The second-order valence-electron chi connectivity index (χ2n) is 8.53. The van der Waals surface area contributed by atoms with Gasteiger partial charge >= 0.3 is 0 Å². The summed E-state index contributed by atoms with van der Waals surface area (Å²) in [5.41, 5.74) is 2.79. The molecule has 0 bridgehead atoms. The highest BCUT2D eigenvalue weighted by atomic mass is 19.1. The molecule has 2 heterocycles. The van der Waals surface area contributed by atoms with Gasteiger partial charge in [0.2, 0.25) is 0 Å². The Morgan fingerprint density at radius 2 is 1.70 bits per heavy atom. The number of fused-ring (bicyclic) bond motifs is 3. The quantitative estimate of drug-likeness (QED) is 0.328. The third kappa shape index (κ3) is 4.62. The van der Waals surface area contributed by atoms with Crippen LogP contribution in [0.5, 0.6) is 5.75 Å². The summed E-state index contributed by atoms with van der Waals surface area (Å²) in [6.07, 6.45) is 2.19. The van der Waals surface area contributed by atoms with Crippen LogP contribution in [0.1, 0.15) is 46.7 Å². The summed E-state index contributed by atoms with van der Waals surface area (Å²) < 4.78 is 19.7. The lowest BCUT2D eigenvalue weighted by molar-refractivity contribution is -0.000482. The Kier molecular flexibility index (Phi) is 7.05. The molecule has 3 aromatic rings. The lowest BCUT2D eigenvalue weighted by atomic mass is 9.74. The predicted molar refractivity (Wildman–Crippen MR) is 130 cm³/mol. The summed E-state index contributed by atoms with van der Waals surface area (Å²) in [5.74, 6) is 1.02. The molecule has 0 aromatic heterocycles. The van der Waals surface area contributed by atoms with E-state index in [1.807, 2.05) is 12.1 Å². The molecule has 170 valence electrons. The Morgan fingerprint density at radius 3 is 2.45 bits per heavy atom. The van der Waals surface area contributed by atoms with Gasteiger partial charge in [-0.25, -0.2) is 4.39 Å². The average molecular weight is 444 g/mol. The maximum absolute atomic E-state index is 13.1. The summed E-state index contributed by atoms with van der Waals surface area (Å²) in [7, 11) is 0. The molecule has 3 aromatic carbocycles. The second kappa shape index (κ2) is 10.1. The summed E-state index contributed by atoms with van der Waals surface area (Å²) >= 11 is 0. The highest BCUT2D eigenvalue weighted by Gasteiger charge is 2.52. The number of likely N-dealkylation sites (tertiary alicyclic amines) is 1. The third-order valence-corrected chi connectivity index (χ3v) is 6.70. The number of ether oxygens (including phenoxy) is 1. The first-order valence-corrected chi connectivity index (χ1v) is 11.5. The van der Waals surface area contributed by atoms with Crippen molar-refractivity contribution < 1.29 is 13.9 Å². The number of hydrogen-bond acceptors (Lipinski definition) is 3. The molecule has 0 spiro atoms. The molecule has 5 rings (SSSR count). The van der Waals surface area contributed by atoms with Crippen LogP contribution < -0.4 is 4.74 Å². The minimum Gasteiger partial charge on any atom is -0.482 e. The van der Waals surface area contributed by atoms with E-state index in [1.165, 1.54) is 23.3 Å². The molecule has 0 unspecified atom stereocenters. The first-order valence-electron chi connectivity index (χ1n) is 11.5. The molecule has 1 saturated heterocycles. The Balaban J connectivity index is 0.00000126. The Bertz CT molecular complexity index is 1080. The summed E-state index contributed by atoms with van der Waals surface area (Å²) in [5, 5.41) is 0. The lowest BCUT2D eigenvalue weighted by Gasteiger charge is -2.43. The second-order valence-corrected chi connectivity index (χ2v) is 8.53. The highest BCUT2D eigenvalue weighted by molar-refractivity contribution is 5.95. The molecule has 2 aliphatic rings. The fourth-order valence-electron chi connectivity index (χ4n) is 5.10. The molecular formula is C29H30FNO2. The molecule has 0 radical (unpaired) electrons. The van der Waals surface area contributed by atoms with Crippen molar-refractivity contribution in [3.05, 3.63) is 115 Å². The molecule has 1 fully saturated rings. The first kappa shape index (κ1) is 22.9. The number of carbonyl (C=O) groups excluding carboxylic acids is 1. The molecule has 0 aliphatic carbocycles. The fraction of sp³-hybridized carbons (Fsp3) is 0.276. The van der Waals surface area contributed by atoms with Crippen LogP contribution in [0.2, 0.25) is 0 Å². The van der Waals surface area contributed by atoms with Crippen LogP contribution in [-0.4, -0.2) is 30.3 Å². The van der Waals surface area contributed by atoms with Gasteiger partial charge in [-0.2, -0.15) is 0 Å². The molecule has 2 atom stereocenters. The molecule has 0 saturated carbocycles. The summed E-state index contributed by atoms with van der Waals surface area (Å²) in [4.78, 5) is 14.9. The number of para-hydroxylation sites is 1. The molecule has 3 nitrogen and oxygen atoms in total. The zero-order valence-corrected chi connectivity index (χ0v) is 18.9. The largest absolute Gasteiger partial charge is 0.482 e. The van der Waals surface area contributed by atoms with E-state index >= 15 is 0 Å². The zero-order valence-electron chi connectivity index (χ0n) is 18.9. The van der Waals surface area contributed by atoms with Gasteiger partial charge in [0.25, 0.3) is 0 Å². The van der Waals surface area contributed by atoms with Gasteiger partial charge in [0, 0.05) is 43.0 Å². The maximum Gasteiger partial charge on any atom is 0.162 e. The molecular weight excluding hydrogens is 413 g/mol. The van der Waals surface area contributed by atoms with Gasteiger partial charge in [-0.05, 0) is 48.9 Å². The van der Waals surface area contributed by atoms with E-state index in [4.69, 9.17) is 4.74 Å². The number of piperidine rings is 1. The Labute approximate surface area is 195 Å². The van der Waals surface area contributed by atoms with Crippen LogP contribution >= 0.6 is 0 Å². The molecule has 0 N–H and O–H groups in total. The van der Waals surface area contributed by atoms with Crippen LogP contribution in [0.15, 0.2) is 92.0 Å². The van der Waals surface area contributed by atoms with Crippen molar-refractivity contribution in [2.45, 2.75) is 30.8 Å². The van der Waals surface area contributed by atoms with Crippen LogP contribution in [0.3, 0.4) is 0 Å². The average Bonchev–Trinajstić information content (AvgIpc) is 3.21. The Morgan fingerprint density at radius 1 is 1.00 bits per heavy atom. The number of halogens is 1. The van der Waals surface area contributed by atoms with E-state index in [-0.39, 0.29) is 23.1 Å². The lowest BCUT2D eigenvalue weighted by Crippen LogP contribution is -2.49. The van der Waals surface area contributed by atoms with Crippen molar-refractivity contribution in [3.8, 4) is 5.75 Å². The maximum atomic E-state index is 13.1. The van der Waals surface area contributed by atoms with E-state index < -0.39 is 0 Å². The number of nitrogens with zero attached hydrogens (tertiary/aromatic N) is 1. The monoisotopic (exact) mass is 443 g/mol. The Hall–Kier alpha value is -3.24. The van der Waals surface area contributed by atoms with E-state index in [1.54, 1.807) is 12.1 Å². The van der Waals surface area contributed by atoms with Gasteiger partial charge in [-0.15, -0.1) is 13.2 Å². The normalized spacial score (nSPS) is 21.2. The van der Waals surface area contributed by atoms with Crippen LogP contribution in [0.25, 0.3) is 0 Å². The van der Waals surface area contributed by atoms with Gasteiger partial charge in [0.15, 0.2) is 5.78 Å². The van der Waals surface area contributed by atoms with E-state index in [0.29, 0.717) is 12.0 Å². The van der Waals surface area contributed by atoms with E-state index in [9.17, 15) is 9.18 Å². The SMILES string of the molecule is C=C.O=C(CCCN1CC[C@@]2(c3ccccc3)Oc3ccccc3[C@H]2C1)c1ccc(F)cc1. The minimum atomic E-state index is -0.314. The number of Topliss-reactive ketones (excluding diaryl/α,β-unsaturated/α-hetero) is 1. The van der Waals surface area contributed by atoms with Gasteiger partial charge in [0.05, 0.1) is 0 Å². The van der Waals surface area contributed by atoms with Crippen molar-refractivity contribution >= 4 is 5.78 Å².